The van der Waals surface area contributed by atoms with Crippen LogP contribution in [0.15, 0.2) is 35.0 Å². The molecule has 4 rings (SSSR count). The maximum atomic E-state index is 2.63. The lowest BCUT2D eigenvalue weighted by Gasteiger charge is -2.29. The summed E-state index contributed by atoms with van der Waals surface area (Å²) in [5.41, 5.74) is 0. The molecule has 28 heavy (non-hydrogen) atoms. The lowest BCUT2D eigenvalue weighted by Crippen LogP contribution is -2.54. The molecule has 0 N–H and O–H groups in total. The van der Waals surface area contributed by atoms with Gasteiger partial charge in [0.1, 0.15) is 8.07 Å². The summed E-state index contributed by atoms with van der Waals surface area (Å²) in [6.45, 7) is 4.66. The van der Waals surface area contributed by atoms with Crippen LogP contribution in [0, 0.1) is 0 Å². The molecule has 0 aliphatic carbocycles. The van der Waals surface area contributed by atoms with Crippen LogP contribution in [0.4, 0.5) is 0 Å². The van der Waals surface area contributed by atoms with E-state index in [2.05, 4.69) is 60.2 Å². The molecule has 0 bridgehead atoms. The fourth-order valence-electron chi connectivity index (χ4n) is 4.83. The van der Waals surface area contributed by atoms with Crippen molar-refractivity contribution >= 4 is 52.5 Å². The molecule has 0 atom stereocenters. The number of fused-ring (bicyclic) bond motifs is 3. The topological polar surface area (TPSA) is 0 Å². The molecule has 4 heterocycles. The zero-order valence-electron chi connectivity index (χ0n) is 17.3. The fourth-order valence-corrected chi connectivity index (χ4v) is 14.9. The summed E-state index contributed by atoms with van der Waals surface area (Å²) in [6.07, 6.45) is 11.1. The van der Waals surface area contributed by atoms with Crippen LogP contribution in [0.3, 0.4) is 0 Å². The highest BCUT2D eigenvalue weighted by molar-refractivity contribution is 7.31. The van der Waals surface area contributed by atoms with Crippen LogP contribution in [0.25, 0.3) is 19.5 Å². The zero-order chi connectivity index (χ0) is 19.4. The van der Waals surface area contributed by atoms with E-state index < -0.39 is 8.07 Å². The summed E-state index contributed by atoms with van der Waals surface area (Å²) in [7, 11) is -1.59. The van der Waals surface area contributed by atoms with Crippen molar-refractivity contribution in [3.8, 4) is 19.5 Å². The Bertz CT molecular complexity index is 860. The number of hydrogen-bond acceptors (Lipinski definition) is 3. The summed E-state index contributed by atoms with van der Waals surface area (Å²) < 4.78 is 0. The van der Waals surface area contributed by atoms with Crippen LogP contribution < -0.4 is 10.4 Å². The van der Waals surface area contributed by atoms with Gasteiger partial charge in [-0.05, 0) is 45.4 Å². The van der Waals surface area contributed by atoms with Crippen molar-refractivity contribution in [3.05, 3.63) is 35.0 Å². The Morgan fingerprint density at radius 3 is 2.11 bits per heavy atom. The van der Waals surface area contributed by atoms with E-state index in [0.717, 1.165) is 0 Å². The van der Waals surface area contributed by atoms with Gasteiger partial charge in [0, 0.05) is 19.5 Å². The summed E-state index contributed by atoms with van der Waals surface area (Å²) in [5, 5.41) is 8.19. The zero-order valence-corrected chi connectivity index (χ0v) is 20.7. The molecule has 0 nitrogen and oxygen atoms in total. The molecule has 0 amide bonds. The number of rotatable bonds is 11. The smallest absolute Gasteiger partial charge is 0.122 e. The van der Waals surface area contributed by atoms with Crippen molar-refractivity contribution < 1.29 is 0 Å². The predicted octanol–water partition coefficient (Wildman–Crippen LogP) is 8.24. The van der Waals surface area contributed by atoms with Gasteiger partial charge in [0.25, 0.3) is 0 Å². The molecular formula is C24H32S3Si. The second-order valence-corrected chi connectivity index (χ2v) is 15.4. The summed E-state index contributed by atoms with van der Waals surface area (Å²) in [4.78, 5) is 6.25. The molecular weight excluding hydrogens is 413 g/mol. The molecule has 150 valence electrons. The van der Waals surface area contributed by atoms with E-state index in [1.54, 1.807) is 20.1 Å². The monoisotopic (exact) mass is 444 g/mol. The molecule has 1 aliphatic rings. The van der Waals surface area contributed by atoms with Gasteiger partial charge in [-0.3, -0.25) is 0 Å². The second kappa shape index (κ2) is 9.42. The molecule has 3 aromatic rings. The Morgan fingerprint density at radius 2 is 1.46 bits per heavy atom. The molecule has 0 saturated carbocycles. The van der Waals surface area contributed by atoms with Gasteiger partial charge in [-0.1, -0.05) is 77.3 Å². The summed E-state index contributed by atoms with van der Waals surface area (Å²) in [6, 6.07) is 12.6. The number of unbranched alkanes of at least 4 members (excludes halogenated alkanes) is 6. The highest BCUT2D eigenvalue weighted by Crippen LogP contribution is 2.44. The molecule has 0 aromatic carbocycles. The first-order valence-electron chi connectivity index (χ1n) is 11.1. The molecule has 1 aliphatic heterocycles. The van der Waals surface area contributed by atoms with Crippen molar-refractivity contribution in [1.29, 1.82) is 0 Å². The van der Waals surface area contributed by atoms with Crippen molar-refractivity contribution in [2.24, 2.45) is 0 Å². The van der Waals surface area contributed by atoms with Crippen LogP contribution in [-0.4, -0.2) is 8.07 Å². The van der Waals surface area contributed by atoms with Gasteiger partial charge in [-0.15, -0.1) is 34.0 Å². The first kappa shape index (κ1) is 20.6. The molecule has 0 saturated heterocycles. The van der Waals surface area contributed by atoms with Crippen LogP contribution in [0.5, 0.6) is 0 Å². The van der Waals surface area contributed by atoms with E-state index in [4.69, 9.17) is 0 Å². The Morgan fingerprint density at radius 1 is 0.714 bits per heavy atom. The van der Waals surface area contributed by atoms with E-state index in [0.29, 0.717) is 0 Å². The van der Waals surface area contributed by atoms with Gasteiger partial charge >= 0.3 is 0 Å². The number of thiophene rings is 3. The van der Waals surface area contributed by atoms with Crippen LogP contribution >= 0.6 is 34.0 Å². The van der Waals surface area contributed by atoms with Crippen LogP contribution in [-0.2, 0) is 0 Å². The highest BCUT2D eigenvalue weighted by atomic mass is 32.1. The normalized spacial score (nSPS) is 14.4. The van der Waals surface area contributed by atoms with Gasteiger partial charge in [-0.25, -0.2) is 0 Å². The molecule has 0 unspecified atom stereocenters. The standard InChI is InChI=1S/C24H32S3Si/c1-3-5-7-9-16-28(17-10-8-6-4-2)21-13-15-26-23(21)24-22(28)18-20(27-24)19-12-11-14-25-19/h11-15,18H,3-10,16-17H2,1-2H3. The average molecular weight is 445 g/mol. The molecule has 0 radical (unpaired) electrons. The van der Waals surface area contributed by atoms with E-state index in [1.807, 2.05) is 22.7 Å². The SMILES string of the molecule is CCCCCC[Si]1(CCCCCC)c2ccsc2-c2sc(-c3cccs3)cc21. The Kier molecular flexibility index (Phi) is 6.92. The van der Waals surface area contributed by atoms with E-state index in [-0.39, 0.29) is 0 Å². The maximum Gasteiger partial charge on any atom is 0.122 e. The summed E-state index contributed by atoms with van der Waals surface area (Å²) in [5.74, 6) is 0. The van der Waals surface area contributed by atoms with Crippen LogP contribution in [0.1, 0.15) is 65.2 Å². The van der Waals surface area contributed by atoms with Crippen molar-refractivity contribution in [1.82, 2.24) is 0 Å². The maximum absolute atomic E-state index is 2.63. The van der Waals surface area contributed by atoms with Crippen molar-refractivity contribution in [2.75, 3.05) is 0 Å². The Labute approximate surface area is 183 Å². The highest BCUT2D eigenvalue weighted by Gasteiger charge is 2.46. The van der Waals surface area contributed by atoms with Gasteiger partial charge in [-0.2, -0.15) is 0 Å². The van der Waals surface area contributed by atoms with Crippen LogP contribution in [0.2, 0.25) is 12.1 Å². The summed E-state index contributed by atoms with van der Waals surface area (Å²) >= 11 is 5.97. The van der Waals surface area contributed by atoms with E-state index >= 15 is 0 Å². The van der Waals surface area contributed by atoms with Crippen molar-refractivity contribution in [3.63, 3.8) is 0 Å². The largest absolute Gasteiger partial charge is 0.143 e. The minimum absolute atomic E-state index is 1.33. The van der Waals surface area contributed by atoms with Gasteiger partial charge in [0.05, 0.1) is 0 Å². The lowest BCUT2D eigenvalue weighted by molar-refractivity contribution is 0.684. The minimum atomic E-state index is -1.59. The van der Waals surface area contributed by atoms with Crippen molar-refractivity contribution in [2.45, 2.75) is 77.3 Å². The minimum Gasteiger partial charge on any atom is -0.143 e. The quantitative estimate of drug-likeness (QED) is 0.206. The Balaban J connectivity index is 1.69. The first-order chi connectivity index (χ1) is 13.8. The lowest BCUT2D eigenvalue weighted by atomic mass is 10.2. The average Bonchev–Trinajstić information content (AvgIpc) is 3.47. The molecule has 0 fully saturated rings. The van der Waals surface area contributed by atoms with E-state index in [1.165, 1.54) is 73.2 Å². The van der Waals surface area contributed by atoms with Gasteiger partial charge in [0.2, 0.25) is 0 Å². The number of hydrogen-bond donors (Lipinski definition) is 0. The Hall–Kier alpha value is -0.683. The molecule has 3 aromatic heterocycles. The molecule has 4 heteroatoms. The second-order valence-electron chi connectivity index (χ2n) is 8.20. The third-order valence-corrected chi connectivity index (χ3v) is 15.2. The third kappa shape index (κ3) is 3.85. The first-order valence-corrected chi connectivity index (χ1v) is 16.1. The van der Waals surface area contributed by atoms with Gasteiger partial charge in [0.15, 0.2) is 0 Å². The molecule has 0 spiro atoms. The predicted molar refractivity (Wildman–Crippen MR) is 134 cm³/mol. The third-order valence-electron chi connectivity index (χ3n) is 6.31. The van der Waals surface area contributed by atoms with E-state index in [9.17, 15) is 0 Å². The fraction of sp³-hybridized carbons (Fsp3) is 0.500. The van der Waals surface area contributed by atoms with Gasteiger partial charge < -0.3 is 0 Å².